The van der Waals surface area contributed by atoms with E-state index in [-0.39, 0.29) is 0 Å². The standard InChI is InChI=1S/C12H21NO/c1-8(13-14)9-7-12(4)6-5-10(9)11(12,2)3/h9-10,14H,5-7H2,1-4H3/b13-8+/t9-,10-,12+/m0/s1. The summed E-state index contributed by atoms with van der Waals surface area (Å²) in [6.07, 6.45) is 3.86. The van der Waals surface area contributed by atoms with Crippen LogP contribution in [0.1, 0.15) is 47.0 Å². The maximum atomic E-state index is 8.87. The van der Waals surface area contributed by atoms with Crippen LogP contribution in [-0.4, -0.2) is 10.9 Å². The molecule has 0 aromatic rings. The third-order valence-electron chi connectivity index (χ3n) is 5.34. The Kier molecular flexibility index (Phi) is 1.96. The normalized spacial score (nSPS) is 45.9. The molecule has 0 aromatic heterocycles. The molecule has 2 rings (SSSR count). The molecule has 2 nitrogen and oxygen atoms in total. The van der Waals surface area contributed by atoms with Gasteiger partial charge in [-0.1, -0.05) is 25.9 Å². The van der Waals surface area contributed by atoms with Gasteiger partial charge in [-0.15, -0.1) is 0 Å². The molecule has 2 fully saturated rings. The van der Waals surface area contributed by atoms with Crippen LogP contribution in [-0.2, 0) is 0 Å². The first-order valence-corrected chi connectivity index (χ1v) is 5.61. The Bertz CT molecular complexity index is 279. The van der Waals surface area contributed by atoms with E-state index in [2.05, 4.69) is 25.9 Å². The molecule has 0 amide bonds. The van der Waals surface area contributed by atoms with Gasteiger partial charge < -0.3 is 5.21 Å². The molecule has 2 saturated carbocycles. The summed E-state index contributed by atoms with van der Waals surface area (Å²) in [5, 5.41) is 12.3. The van der Waals surface area contributed by atoms with Gasteiger partial charge in [0, 0.05) is 5.92 Å². The van der Waals surface area contributed by atoms with E-state index in [1.807, 2.05) is 6.92 Å². The summed E-state index contributed by atoms with van der Waals surface area (Å²) in [5.41, 5.74) is 1.82. The SMILES string of the molecule is C/C(=N\O)[C@@H]1C[C@@]2(C)CC[C@@H]1C2(C)C. The quantitative estimate of drug-likeness (QED) is 0.388. The molecule has 2 aliphatic rings. The molecule has 0 heterocycles. The molecule has 0 unspecified atom stereocenters. The van der Waals surface area contributed by atoms with Crippen LogP contribution in [0.4, 0.5) is 0 Å². The van der Waals surface area contributed by atoms with Gasteiger partial charge in [-0.05, 0) is 42.9 Å². The maximum Gasteiger partial charge on any atom is 0.0574 e. The van der Waals surface area contributed by atoms with Gasteiger partial charge in [0.05, 0.1) is 5.71 Å². The predicted octanol–water partition coefficient (Wildman–Crippen LogP) is 3.30. The van der Waals surface area contributed by atoms with Gasteiger partial charge in [-0.2, -0.15) is 0 Å². The minimum atomic E-state index is 0.420. The summed E-state index contributed by atoms with van der Waals surface area (Å²) < 4.78 is 0. The summed E-state index contributed by atoms with van der Waals surface area (Å²) in [6.45, 7) is 9.13. The highest BCUT2D eigenvalue weighted by Crippen LogP contribution is 2.67. The monoisotopic (exact) mass is 195 g/mol. The zero-order chi connectivity index (χ0) is 10.6. The molecular formula is C12H21NO. The Balaban J connectivity index is 2.32. The van der Waals surface area contributed by atoms with E-state index < -0.39 is 0 Å². The number of fused-ring (bicyclic) bond motifs is 2. The second kappa shape index (κ2) is 2.74. The lowest BCUT2D eigenvalue weighted by Gasteiger charge is -2.34. The number of nitrogens with zero attached hydrogens (tertiary/aromatic N) is 1. The van der Waals surface area contributed by atoms with Crippen LogP contribution < -0.4 is 0 Å². The van der Waals surface area contributed by atoms with Crippen molar-refractivity contribution in [3.63, 3.8) is 0 Å². The van der Waals surface area contributed by atoms with Crippen molar-refractivity contribution in [2.75, 3.05) is 0 Å². The van der Waals surface area contributed by atoms with E-state index in [1.54, 1.807) is 0 Å². The van der Waals surface area contributed by atoms with E-state index in [4.69, 9.17) is 5.21 Å². The fourth-order valence-electron chi connectivity index (χ4n) is 3.81. The van der Waals surface area contributed by atoms with Gasteiger partial charge in [0.15, 0.2) is 0 Å². The van der Waals surface area contributed by atoms with Gasteiger partial charge >= 0.3 is 0 Å². The smallest absolute Gasteiger partial charge is 0.0574 e. The fourth-order valence-corrected chi connectivity index (χ4v) is 3.81. The fraction of sp³-hybridized carbons (Fsp3) is 0.917. The van der Waals surface area contributed by atoms with E-state index in [9.17, 15) is 0 Å². The second-order valence-electron chi connectivity index (χ2n) is 5.98. The molecule has 1 N–H and O–H groups in total. The molecule has 0 radical (unpaired) electrons. The maximum absolute atomic E-state index is 8.87. The summed E-state index contributed by atoms with van der Waals surface area (Å²) >= 11 is 0. The molecule has 2 bridgehead atoms. The zero-order valence-electron chi connectivity index (χ0n) is 9.67. The molecule has 0 aliphatic heterocycles. The number of hydrogen-bond donors (Lipinski definition) is 1. The number of hydrogen-bond acceptors (Lipinski definition) is 2. The third-order valence-corrected chi connectivity index (χ3v) is 5.34. The minimum absolute atomic E-state index is 0.420. The Hall–Kier alpha value is -0.530. The van der Waals surface area contributed by atoms with Crippen molar-refractivity contribution in [1.29, 1.82) is 0 Å². The second-order valence-corrected chi connectivity index (χ2v) is 5.98. The lowest BCUT2D eigenvalue weighted by Crippen LogP contribution is -2.26. The molecule has 0 saturated heterocycles. The minimum Gasteiger partial charge on any atom is -0.411 e. The van der Waals surface area contributed by atoms with Crippen LogP contribution in [0.25, 0.3) is 0 Å². The summed E-state index contributed by atoms with van der Waals surface area (Å²) in [4.78, 5) is 0. The van der Waals surface area contributed by atoms with Gasteiger partial charge in [0.25, 0.3) is 0 Å². The summed E-state index contributed by atoms with van der Waals surface area (Å²) in [6, 6.07) is 0. The van der Waals surface area contributed by atoms with Crippen molar-refractivity contribution >= 4 is 5.71 Å². The third kappa shape index (κ3) is 0.999. The Morgan fingerprint density at radius 1 is 1.36 bits per heavy atom. The molecule has 2 aliphatic carbocycles. The Morgan fingerprint density at radius 2 is 2.00 bits per heavy atom. The summed E-state index contributed by atoms with van der Waals surface area (Å²) in [7, 11) is 0. The van der Waals surface area contributed by atoms with Gasteiger partial charge in [0.2, 0.25) is 0 Å². The van der Waals surface area contributed by atoms with Crippen molar-refractivity contribution in [3.05, 3.63) is 0 Å². The average molecular weight is 195 g/mol. The molecule has 80 valence electrons. The molecule has 3 atom stereocenters. The molecular weight excluding hydrogens is 174 g/mol. The highest BCUT2D eigenvalue weighted by Gasteiger charge is 2.60. The van der Waals surface area contributed by atoms with Gasteiger partial charge in [-0.25, -0.2) is 0 Å². The van der Waals surface area contributed by atoms with E-state index in [1.165, 1.54) is 19.3 Å². The van der Waals surface area contributed by atoms with Crippen LogP contribution in [0.5, 0.6) is 0 Å². The molecule has 2 heteroatoms. The number of oxime groups is 1. The van der Waals surface area contributed by atoms with Crippen LogP contribution in [0.15, 0.2) is 5.16 Å². The lowest BCUT2D eigenvalue weighted by atomic mass is 9.71. The predicted molar refractivity (Wildman–Crippen MR) is 57.6 cm³/mol. The van der Waals surface area contributed by atoms with Crippen LogP contribution in [0.3, 0.4) is 0 Å². The average Bonchev–Trinajstić information content (AvgIpc) is 2.47. The van der Waals surface area contributed by atoms with E-state index in [0.717, 1.165) is 11.6 Å². The highest BCUT2D eigenvalue weighted by atomic mass is 16.4. The molecule has 14 heavy (non-hydrogen) atoms. The largest absolute Gasteiger partial charge is 0.411 e. The van der Waals surface area contributed by atoms with E-state index >= 15 is 0 Å². The Morgan fingerprint density at radius 3 is 2.36 bits per heavy atom. The molecule has 0 spiro atoms. The van der Waals surface area contributed by atoms with Crippen molar-refractivity contribution < 1.29 is 5.21 Å². The lowest BCUT2D eigenvalue weighted by molar-refractivity contribution is 0.152. The van der Waals surface area contributed by atoms with Crippen LogP contribution in [0, 0.1) is 22.7 Å². The summed E-state index contributed by atoms with van der Waals surface area (Å²) in [5.74, 6) is 1.25. The van der Waals surface area contributed by atoms with Crippen LogP contribution >= 0.6 is 0 Å². The van der Waals surface area contributed by atoms with E-state index in [0.29, 0.717) is 16.7 Å². The van der Waals surface area contributed by atoms with Gasteiger partial charge in [-0.3, -0.25) is 0 Å². The van der Waals surface area contributed by atoms with Crippen molar-refractivity contribution in [3.8, 4) is 0 Å². The van der Waals surface area contributed by atoms with Crippen molar-refractivity contribution in [1.82, 2.24) is 0 Å². The first-order valence-electron chi connectivity index (χ1n) is 5.61. The number of rotatable bonds is 1. The first-order chi connectivity index (χ1) is 6.42. The first kappa shape index (κ1) is 10.0. The van der Waals surface area contributed by atoms with Crippen LogP contribution in [0.2, 0.25) is 0 Å². The molecule has 0 aromatic carbocycles. The van der Waals surface area contributed by atoms with Crippen molar-refractivity contribution in [2.45, 2.75) is 47.0 Å². The highest BCUT2D eigenvalue weighted by molar-refractivity contribution is 5.84. The van der Waals surface area contributed by atoms with Crippen molar-refractivity contribution in [2.24, 2.45) is 27.8 Å². The zero-order valence-corrected chi connectivity index (χ0v) is 9.67. The topological polar surface area (TPSA) is 32.6 Å². The van der Waals surface area contributed by atoms with Gasteiger partial charge in [0.1, 0.15) is 0 Å². The Labute approximate surface area is 86.4 Å².